The molecule has 18 heavy (non-hydrogen) atoms. The van der Waals surface area contributed by atoms with Gasteiger partial charge in [-0.05, 0) is 18.8 Å². The summed E-state index contributed by atoms with van der Waals surface area (Å²) in [5.74, 6) is 0.147. The number of carboxylic acids is 1. The van der Waals surface area contributed by atoms with Gasteiger partial charge in [0.05, 0.1) is 6.10 Å². The van der Waals surface area contributed by atoms with E-state index in [9.17, 15) is 9.90 Å². The molecule has 0 amide bonds. The van der Waals surface area contributed by atoms with Gasteiger partial charge in [-0.25, -0.2) is 0 Å². The molecule has 4 unspecified atom stereocenters. The van der Waals surface area contributed by atoms with Crippen LogP contribution in [-0.2, 0) is 9.53 Å². The third-order valence-electron chi connectivity index (χ3n) is 4.49. The van der Waals surface area contributed by atoms with Crippen LogP contribution in [0.25, 0.3) is 0 Å². The summed E-state index contributed by atoms with van der Waals surface area (Å²) in [4.78, 5) is 11.3. The molecule has 0 radical (unpaired) electrons. The van der Waals surface area contributed by atoms with Crippen molar-refractivity contribution in [2.24, 2.45) is 17.3 Å². The number of carbonyl (C=O) groups is 1. The number of hydrogen-bond donors (Lipinski definition) is 2. The Morgan fingerprint density at radius 1 is 1.50 bits per heavy atom. The van der Waals surface area contributed by atoms with E-state index in [1.54, 1.807) is 0 Å². The predicted molar refractivity (Wildman–Crippen MR) is 69.4 cm³/mol. The fourth-order valence-electron chi connectivity index (χ4n) is 3.59. The molecule has 4 heteroatoms. The van der Waals surface area contributed by atoms with Crippen LogP contribution in [0.3, 0.4) is 0 Å². The van der Waals surface area contributed by atoms with Gasteiger partial charge in [0, 0.05) is 24.0 Å². The van der Waals surface area contributed by atoms with Crippen LogP contribution in [0.5, 0.6) is 0 Å². The van der Waals surface area contributed by atoms with E-state index in [0.29, 0.717) is 24.4 Å². The molecule has 104 valence electrons. The maximum Gasteiger partial charge on any atom is 0.320 e. The van der Waals surface area contributed by atoms with Gasteiger partial charge in [-0.1, -0.05) is 27.7 Å². The number of hydrogen-bond acceptors (Lipinski definition) is 3. The molecule has 0 aromatic carbocycles. The topological polar surface area (TPSA) is 58.6 Å². The molecule has 1 heterocycles. The number of aliphatic carboxylic acids is 1. The van der Waals surface area contributed by atoms with Gasteiger partial charge in [-0.15, -0.1) is 0 Å². The lowest BCUT2D eigenvalue weighted by Gasteiger charge is -2.55. The molecule has 2 fully saturated rings. The standard InChI is InChI=1S/C14H25NO3/c1-8(2)7-10(13(16)17)15-11-9-5-6-18-12(9)14(11,3)4/h8-12,15H,5-7H2,1-4H3,(H,16,17). The molecule has 1 saturated heterocycles. The second-order valence-electron chi connectivity index (χ2n) is 6.73. The fraction of sp³-hybridized carbons (Fsp3) is 0.929. The molecular weight excluding hydrogens is 230 g/mol. The second kappa shape index (κ2) is 4.82. The van der Waals surface area contributed by atoms with Crippen LogP contribution in [-0.4, -0.2) is 35.9 Å². The zero-order valence-corrected chi connectivity index (χ0v) is 11.8. The third-order valence-corrected chi connectivity index (χ3v) is 4.49. The van der Waals surface area contributed by atoms with Crippen LogP contribution < -0.4 is 5.32 Å². The van der Waals surface area contributed by atoms with Gasteiger partial charge in [-0.2, -0.15) is 0 Å². The van der Waals surface area contributed by atoms with Crippen molar-refractivity contribution in [1.82, 2.24) is 5.32 Å². The monoisotopic (exact) mass is 255 g/mol. The SMILES string of the molecule is CC(C)CC(NC1C2CCOC2C1(C)C)C(=O)O. The van der Waals surface area contributed by atoms with Crippen molar-refractivity contribution >= 4 is 5.97 Å². The highest BCUT2D eigenvalue weighted by atomic mass is 16.5. The number of rotatable bonds is 5. The van der Waals surface area contributed by atoms with Gasteiger partial charge in [0.1, 0.15) is 6.04 Å². The van der Waals surface area contributed by atoms with Crippen molar-refractivity contribution in [3.05, 3.63) is 0 Å². The van der Waals surface area contributed by atoms with Crippen LogP contribution in [0.4, 0.5) is 0 Å². The lowest BCUT2D eigenvalue weighted by Crippen LogP contribution is -2.68. The van der Waals surface area contributed by atoms with Gasteiger partial charge in [0.25, 0.3) is 0 Å². The normalized spacial score (nSPS) is 35.1. The first-order valence-electron chi connectivity index (χ1n) is 6.94. The first-order valence-corrected chi connectivity index (χ1v) is 6.94. The fourth-order valence-corrected chi connectivity index (χ4v) is 3.59. The van der Waals surface area contributed by atoms with Crippen molar-refractivity contribution in [3.63, 3.8) is 0 Å². The van der Waals surface area contributed by atoms with E-state index < -0.39 is 12.0 Å². The largest absolute Gasteiger partial charge is 0.480 e. The second-order valence-corrected chi connectivity index (χ2v) is 6.73. The number of nitrogens with one attached hydrogen (secondary N) is 1. The molecule has 2 N–H and O–H groups in total. The zero-order chi connectivity index (χ0) is 13.5. The van der Waals surface area contributed by atoms with E-state index in [4.69, 9.17) is 4.74 Å². The minimum absolute atomic E-state index is 0.0475. The zero-order valence-electron chi connectivity index (χ0n) is 11.8. The highest BCUT2D eigenvalue weighted by molar-refractivity contribution is 5.73. The van der Waals surface area contributed by atoms with Gasteiger partial charge >= 0.3 is 5.97 Å². The third kappa shape index (κ3) is 2.28. The summed E-state index contributed by atoms with van der Waals surface area (Å²) < 4.78 is 5.73. The van der Waals surface area contributed by atoms with E-state index in [0.717, 1.165) is 13.0 Å². The van der Waals surface area contributed by atoms with Crippen LogP contribution in [0.1, 0.15) is 40.5 Å². The van der Waals surface area contributed by atoms with Gasteiger partial charge < -0.3 is 15.2 Å². The van der Waals surface area contributed by atoms with E-state index in [1.807, 2.05) is 0 Å². The summed E-state index contributed by atoms with van der Waals surface area (Å²) in [6.07, 6.45) is 2.04. The molecule has 4 nitrogen and oxygen atoms in total. The molecule has 0 spiro atoms. The molecule has 2 aliphatic rings. The maximum absolute atomic E-state index is 11.3. The maximum atomic E-state index is 11.3. The summed E-state index contributed by atoms with van der Waals surface area (Å²) in [5.41, 5.74) is 0.0475. The molecule has 0 aromatic rings. The molecule has 4 atom stereocenters. The Bertz CT molecular complexity index is 327. The molecule has 1 aliphatic carbocycles. The van der Waals surface area contributed by atoms with Crippen molar-refractivity contribution in [3.8, 4) is 0 Å². The smallest absolute Gasteiger partial charge is 0.320 e. The molecule has 1 saturated carbocycles. The lowest BCUT2D eigenvalue weighted by molar-refractivity contribution is -0.145. The average molecular weight is 255 g/mol. The molecule has 0 aromatic heterocycles. The van der Waals surface area contributed by atoms with E-state index in [1.165, 1.54) is 0 Å². The van der Waals surface area contributed by atoms with Gasteiger partial charge in [-0.3, -0.25) is 4.79 Å². The average Bonchev–Trinajstić information content (AvgIpc) is 2.69. The quantitative estimate of drug-likeness (QED) is 0.787. The Kier molecular flexibility index (Phi) is 3.70. The summed E-state index contributed by atoms with van der Waals surface area (Å²) in [5, 5.41) is 12.7. The molecule has 2 rings (SSSR count). The van der Waals surface area contributed by atoms with E-state index in [2.05, 4.69) is 33.0 Å². The van der Waals surface area contributed by atoms with Crippen molar-refractivity contribution in [1.29, 1.82) is 0 Å². The van der Waals surface area contributed by atoms with Crippen molar-refractivity contribution in [2.75, 3.05) is 6.61 Å². The van der Waals surface area contributed by atoms with Crippen LogP contribution in [0.15, 0.2) is 0 Å². The Hall–Kier alpha value is -0.610. The number of carboxylic acid groups (broad SMARTS) is 1. The molecule has 0 bridgehead atoms. The van der Waals surface area contributed by atoms with Gasteiger partial charge in [0.15, 0.2) is 0 Å². The van der Waals surface area contributed by atoms with E-state index in [-0.39, 0.29) is 11.5 Å². The summed E-state index contributed by atoms with van der Waals surface area (Å²) in [7, 11) is 0. The Morgan fingerprint density at radius 3 is 2.72 bits per heavy atom. The number of fused-ring (bicyclic) bond motifs is 1. The molecule has 1 aliphatic heterocycles. The van der Waals surface area contributed by atoms with E-state index >= 15 is 0 Å². The van der Waals surface area contributed by atoms with Crippen LogP contribution in [0.2, 0.25) is 0 Å². The van der Waals surface area contributed by atoms with Crippen LogP contribution >= 0.6 is 0 Å². The van der Waals surface area contributed by atoms with Crippen molar-refractivity contribution < 1.29 is 14.6 Å². The summed E-state index contributed by atoms with van der Waals surface area (Å²) >= 11 is 0. The minimum atomic E-state index is -0.734. The highest BCUT2D eigenvalue weighted by Gasteiger charge is 2.59. The Balaban J connectivity index is 2.01. The van der Waals surface area contributed by atoms with Gasteiger partial charge in [0.2, 0.25) is 0 Å². The summed E-state index contributed by atoms with van der Waals surface area (Å²) in [6, 6.07) is -0.166. The summed E-state index contributed by atoms with van der Waals surface area (Å²) in [6.45, 7) is 9.28. The lowest BCUT2D eigenvalue weighted by atomic mass is 9.57. The first-order chi connectivity index (χ1) is 8.34. The molecular formula is C14H25NO3. The minimum Gasteiger partial charge on any atom is -0.480 e. The first kappa shape index (κ1) is 13.8. The van der Waals surface area contributed by atoms with Crippen molar-refractivity contribution in [2.45, 2.75) is 58.7 Å². The number of ether oxygens (including phenoxy) is 1. The predicted octanol–water partition coefficient (Wildman–Crippen LogP) is 1.89. The Morgan fingerprint density at radius 2 is 2.17 bits per heavy atom. The van der Waals surface area contributed by atoms with Crippen LogP contribution in [0, 0.1) is 17.3 Å². The Labute approximate surface area is 109 Å². The highest BCUT2D eigenvalue weighted by Crippen LogP contribution is 2.52.